The zero-order chi connectivity index (χ0) is 22.7. The van der Waals surface area contributed by atoms with Crippen LogP contribution < -0.4 is 24.2 Å². The van der Waals surface area contributed by atoms with Gasteiger partial charge in [-0.25, -0.2) is 8.42 Å². The molecule has 0 spiro atoms. The van der Waals surface area contributed by atoms with Crippen molar-refractivity contribution in [3.8, 4) is 17.2 Å². The monoisotopic (exact) mass is 474 g/mol. The van der Waals surface area contributed by atoms with Crippen LogP contribution in [0.1, 0.15) is 5.56 Å². The molecule has 0 fully saturated rings. The molecule has 0 atom stereocenters. The normalized spacial score (nSPS) is 12.3. The van der Waals surface area contributed by atoms with Crippen LogP contribution in [0.3, 0.4) is 0 Å². The minimum absolute atomic E-state index is 0.0476. The molecule has 166 valence electrons. The van der Waals surface area contributed by atoms with Gasteiger partial charge in [-0.3, -0.25) is 9.52 Å². The Morgan fingerprint density at radius 3 is 2.47 bits per heavy atom. The highest BCUT2D eigenvalue weighted by Crippen LogP contribution is 2.34. The number of sulfonamides is 1. The maximum Gasteiger partial charge on any atom is 0.262 e. The second-order valence-corrected chi connectivity index (χ2v) is 9.04. The highest BCUT2D eigenvalue weighted by Gasteiger charge is 2.16. The molecule has 1 heterocycles. The van der Waals surface area contributed by atoms with Crippen LogP contribution in [-0.2, 0) is 14.8 Å². The van der Waals surface area contributed by atoms with E-state index in [4.69, 9.17) is 25.8 Å². The highest BCUT2D eigenvalue weighted by molar-refractivity contribution is 7.92. The smallest absolute Gasteiger partial charge is 0.262 e. The third-order valence-corrected chi connectivity index (χ3v) is 6.39. The molecule has 2 N–H and O–H groups in total. The lowest BCUT2D eigenvalue weighted by atomic mass is 10.2. The van der Waals surface area contributed by atoms with Gasteiger partial charge in [0, 0.05) is 16.8 Å². The standard InChI is InChI=1S/C22H19ClN2O6S/c1-14-2-3-16(10-19(14)23)25-32(27,28)18-7-5-17(6-8-18)29-12-22(26)24-15-4-9-20-21(11-15)31-13-30-20/h2-11,25H,12-13H2,1H3,(H,24,26). The third-order valence-electron chi connectivity index (χ3n) is 4.58. The van der Waals surface area contributed by atoms with Crippen LogP contribution in [0, 0.1) is 6.92 Å². The number of carbonyl (C=O) groups excluding carboxylic acids is 1. The van der Waals surface area contributed by atoms with E-state index in [-0.39, 0.29) is 24.2 Å². The van der Waals surface area contributed by atoms with Gasteiger partial charge in [0.25, 0.3) is 15.9 Å². The van der Waals surface area contributed by atoms with Crippen molar-refractivity contribution < 1.29 is 27.4 Å². The van der Waals surface area contributed by atoms with Crippen molar-refractivity contribution in [3.05, 3.63) is 71.2 Å². The lowest BCUT2D eigenvalue weighted by Gasteiger charge is -2.11. The fourth-order valence-electron chi connectivity index (χ4n) is 2.91. The first-order chi connectivity index (χ1) is 15.3. The second-order valence-electron chi connectivity index (χ2n) is 6.95. The fraction of sp³-hybridized carbons (Fsp3) is 0.136. The van der Waals surface area contributed by atoms with E-state index in [1.807, 2.05) is 6.92 Å². The fourth-order valence-corrected chi connectivity index (χ4v) is 4.14. The number of anilines is 2. The van der Waals surface area contributed by atoms with Gasteiger partial charge in [0.1, 0.15) is 5.75 Å². The van der Waals surface area contributed by atoms with Crippen LogP contribution in [0.5, 0.6) is 17.2 Å². The number of benzene rings is 3. The van der Waals surface area contributed by atoms with E-state index in [0.29, 0.717) is 33.6 Å². The van der Waals surface area contributed by atoms with Crippen molar-refractivity contribution in [1.82, 2.24) is 0 Å². The van der Waals surface area contributed by atoms with Gasteiger partial charge in [0.2, 0.25) is 6.79 Å². The zero-order valence-electron chi connectivity index (χ0n) is 16.9. The number of carbonyl (C=O) groups is 1. The van der Waals surface area contributed by atoms with Gasteiger partial charge < -0.3 is 19.5 Å². The molecule has 0 radical (unpaired) electrons. The average Bonchev–Trinajstić information content (AvgIpc) is 3.23. The molecule has 0 aliphatic carbocycles. The minimum atomic E-state index is -3.80. The Hall–Kier alpha value is -3.43. The minimum Gasteiger partial charge on any atom is -0.484 e. The van der Waals surface area contributed by atoms with Crippen molar-refractivity contribution in [3.63, 3.8) is 0 Å². The predicted octanol–water partition coefficient (Wildman–Crippen LogP) is 4.20. The number of aryl methyl sites for hydroxylation is 1. The largest absolute Gasteiger partial charge is 0.484 e. The molecule has 0 aromatic heterocycles. The van der Waals surface area contributed by atoms with Gasteiger partial charge in [0.05, 0.1) is 10.6 Å². The van der Waals surface area contributed by atoms with Gasteiger partial charge in [0.15, 0.2) is 18.1 Å². The molecule has 0 unspecified atom stereocenters. The second kappa shape index (κ2) is 8.97. The molecule has 1 amide bonds. The van der Waals surface area contributed by atoms with Gasteiger partial charge in [-0.2, -0.15) is 0 Å². The lowest BCUT2D eigenvalue weighted by molar-refractivity contribution is -0.118. The van der Waals surface area contributed by atoms with Gasteiger partial charge in [-0.15, -0.1) is 0 Å². The summed E-state index contributed by atoms with van der Waals surface area (Å²) in [4.78, 5) is 12.2. The summed E-state index contributed by atoms with van der Waals surface area (Å²) in [6, 6.07) is 15.7. The molecule has 8 nitrogen and oxygen atoms in total. The Labute approximate surface area is 190 Å². The van der Waals surface area contributed by atoms with E-state index >= 15 is 0 Å². The Bertz CT molecular complexity index is 1260. The highest BCUT2D eigenvalue weighted by atomic mass is 35.5. The van der Waals surface area contributed by atoms with Crippen LogP contribution in [-0.4, -0.2) is 27.7 Å². The van der Waals surface area contributed by atoms with Crippen LogP contribution in [0.25, 0.3) is 0 Å². The van der Waals surface area contributed by atoms with Gasteiger partial charge in [-0.05, 0) is 61.0 Å². The molecular formula is C22H19ClN2O6S. The topological polar surface area (TPSA) is 103 Å². The molecule has 0 bridgehead atoms. The number of rotatable bonds is 7. The molecule has 3 aromatic carbocycles. The molecule has 10 heteroatoms. The van der Waals surface area contributed by atoms with Crippen LogP contribution in [0.2, 0.25) is 5.02 Å². The third kappa shape index (κ3) is 5.06. The lowest BCUT2D eigenvalue weighted by Crippen LogP contribution is -2.20. The Kier molecular flexibility index (Phi) is 6.11. The summed E-state index contributed by atoms with van der Waals surface area (Å²) >= 11 is 6.05. The van der Waals surface area contributed by atoms with E-state index in [1.165, 1.54) is 24.3 Å². The van der Waals surface area contributed by atoms with E-state index < -0.39 is 10.0 Å². The van der Waals surface area contributed by atoms with Crippen molar-refractivity contribution >= 4 is 38.9 Å². The number of nitrogens with one attached hydrogen (secondary N) is 2. The average molecular weight is 475 g/mol. The summed E-state index contributed by atoms with van der Waals surface area (Å²) < 4.78 is 43.6. The first kappa shape index (κ1) is 21.8. The van der Waals surface area contributed by atoms with Crippen molar-refractivity contribution in [2.24, 2.45) is 0 Å². The van der Waals surface area contributed by atoms with Crippen molar-refractivity contribution in [2.75, 3.05) is 23.4 Å². The molecular weight excluding hydrogens is 456 g/mol. The Morgan fingerprint density at radius 2 is 1.72 bits per heavy atom. The summed E-state index contributed by atoms with van der Waals surface area (Å²) in [5, 5.41) is 3.16. The predicted molar refractivity (Wildman–Crippen MR) is 120 cm³/mol. The van der Waals surface area contributed by atoms with Gasteiger partial charge in [-0.1, -0.05) is 17.7 Å². The maximum absolute atomic E-state index is 12.6. The molecule has 0 saturated heterocycles. The van der Waals surface area contributed by atoms with E-state index in [9.17, 15) is 13.2 Å². The van der Waals surface area contributed by atoms with E-state index in [2.05, 4.69) is 10.0 Å². The van der Waals surface area contributed by atoms with Gasteiger partial charge >= 0.3 is 0 Å². The van der Waals surface area contributed by atoms with Crippen LogP contribution in [0.4, 0.5) is 11.4 Å². The maximum atomic E-state index is 12.6. The molecule has 32 heavy (non-hydrogen) atoms. The SMILES string of the molecule is Cc1ccc(NS(=O)(=O)c2ccc(OCC(=O)Nc3ccc4c(c3)OCO4)cc2)cc1Cl. The summed E-state index contributed by atoms with van der Waals surface area (Å²) in [7, 11) is -3.80. The molecule has 3 aromatic rings. The number of hydrogen-bond acceptors (Lipinski definition) is 6. The number of halogens is 1. The van der Waals surface area contributed by atoms with Crippen LogP contribution in [0.15, 0.2) is 65.6 Å². The molecule has 1 aliphatic heterocycles. The van der Waals surface area contributed by atoms with Crippen molar-refractivity contribution in [1.29, 1.82) is 0 Å². The first-order valence-corrected chi connectivity index (χ1v) is 11.4. The Morgan fingerprint density at radius 1 is 1.00 bits per heavy atom. The van der Waals surface area contributed by atoms with E-state index in [1.54, 1.807) is 36.4 Å². The van der Waals surface area contributed by atoms with Crippen LogP contribution >= 0.6 is 11.6 Å². The number of hydrogen-bond donors (Lipinski definition) is 2. The number of amides is 1. The number of fused-ring (bicyclic) bond motifs is 1. The summed E-state index contributed by atoms with van der Waals surface area (Å²) in [5.74, 6) is 1.15. The number of ether oxygens (including phenoxy) is 3. The first-order valence-electron chi connectivity index (χ1n) is 9.51. The van der Waals surface area contributed by atoms with Crippen molar-refractivity contribution in [2.45, 2.75) is 11.8 Å². The molecule has 0 saturated carbocycles. The summed E-state index contributed by atoms with van der Waals surface area (Å²) in [6.45, 7) is 1.73. The quantitative estimate of drug-likeness (QED) is 0.532. The molecule has 4 rings (SSSR count). The summed E-state index contributed by atoms with van der Waals surface area (Å²) in [5.41, 5.74) is 1.76. The molecule has 1 aliphatic rings. The Balaban J connectivity index is 1.33. The summed E-state index contributed by atoms with van der Waals surface area (Å²) in [6.07, 6.45) is 0. The zero-order valence-corrected chi connectivity index (χ0v) is 18.5. The van der Waals surface area contributed by atoms with E-state index in [0.717, 1.165) is 5.56 Å².